The van der Waals surface area contributed by atoms with Gasteiger partial charge in [0.25, 0.3) is 0 Å². The van der Waals surface area contributed by atoms with Crippen molar-refractivity contribution in [1.82, 2.24) is 19.8 Å². The molecule has 3 heterocycles. The molecule has 1 aromatic carbocycles. The molecule has 1 aliphatic rings. The number of carboxylic acids is 2. The van der Waals surface area contributed by atoms with Gasteiger partial charge in [0.1, 0.15) is 6.04 Å². The van der Waals surface area contributed by atoms with Crippen LogP contribution in [0.4, 0.5) is 5.69 Å². The van der Waals surface area contributed by atoms with E-state index in [-0.39, 0.29) is 0 Å². The number of carbonyl (C=O) groups excluding carboxylic acids is 1. The highest BCUT2D eigenvalue weighted by atomic mass is 16.4. The van der Waals surface area contributed by atoms with Gasteiger partial charge in [-0.2, -0.15) is 0 Å². The Morgan fingerprint density at radius 2 is 1.91 bits per heavy atom. The standard InChI is InChI=1S/C24H25N5O5/c30-21(5-6-22(31)32)27-17-3-4-20-18(12-17)19(14-26-20)23(24(33)34)29-10-8-28(9-11-29)15-16-2-1-7-25-13-16/h1-7,12-14,23,26H,8-11,15H2,(H,27,30)(H,31,32)(H,33,34)/b6-5+/t23-/m1/s1. The average molecular weight is 463 g/mol. The van der Waals surface area contributed by atoms with Crippen LogP contribution in [-0.4, -0.2) is 74.0 Å². The molecule has 34 heavy (non-hydrogen) atoms. The van der Waals surface area contributed by atoms with E-state index in [1.807, 2.05) is 23.2 Å². The molecule has 0 aliphatic carbocycles. The number of rotatable bonds is 8. The maximum Gasteiger partial charge on any atom is 0.328 e. The summed E-state index contributed by atoms with van der Waals surface area (Å²) < 4.78 is 0. The normalized spacial score (nSPS) is 16.0. The molecule has 0 saturated carbocycles. The molecular weight excluding hydrogens is 438 g/mol. The number of carbonyl (C=O) groups is 3. The van der Waals surface area contributed by atoms with E-state index >= 15 is 0 Å². The Hall–Kier alpha value is -4.02. The molecule has 2 aromatic heterocycles. The van der Waals surface area contributed by atoms with Gasteiger partial charge in [0.05, 0.1) is 0 Å². The predicted octanol–water partition coefficient (Wildman–Crippen LogP) is 2.09. The zero-order valence-corrected chi connectivity index (χ0v) is 18.3. The fourth-order valence-electron chi connectivity index (χ4n) is 4.19. The first-order valence-electron chi connectivity index (χ1n) is 10.8. The number of fused-ring (bicyclic) bond motifs is 1. The Balaban J connectivity index is 1.50. The van der Waals surface area contributed by atoms with Crippen LogP contribution in [0.15, 0.2) is 61.1 Å². The summed E-state index contributed by atoms with van der Waals surface area (Å²) in [4.78, 5) is 46.4. The molecule has 1 aliphatic heterocycles. The quantitative estimate of drug-likeness (QED) is 0.373. The second kappa shape index (κ2) is 10.3. The lowest BCUT2D eigenvalue weighted by Crippen LogP contribution is -2.48. The third-order valence-corrected chi connectivity index (χ3v) is 5.79. The minimum absolute atomic E-state index is 0.443. The monoisotopic (exact) mass is 463 g/mol. The zero-order valence-electron chi connectivity index (χ0n) is 18.3. The van der Waals surface area contributed by atoms with Gasteiger partial charge < -0.3 is 20.5 Å². The zero-order chi connectivity index (χ0) is 24.1. The summed E-state index contributed by atoms with van der Waals surface area (Å²) in [5.74, 6) is -2.75. The molecule has 176 valence electrons. The number of carboxylic acid groups (broad SMARTS) is 2. The molecule has 10 nitrogen and oxygen atoms in total. The van der Waals surface area contributed by atoms with Crippen molar-refractivity contribution < 1.29 is 24.6 Å². The maximum atomic E-state index is 12.3. The third kappa shape index (κ3) is 5.48. The van der Waals surface area contributed by atoms with E-state index in [9.17, 15) is 19.5 Å². The number of pyridine rings is 1. The molecular formula is C24H25N5O5. The van der Waals surface area contributed by atoms with Crippen LogP contribution in [0.1, 0.15) is 17.2 Å². The van der Waals surface area contributed by atoms with Gasteiger partial charge in [0.15, 0.2) is 0 Å². The smallest absolute Gasteiger partial charge is 0.328 e. The van der Waals surface area contributed by atoms with Gasteiger partial charge >= 0.3 is 11.9 Å². The maximum absolute atomic E-state index is 12.3. The minimum Gasteiger partial charge on any atom is -0.480 e. The average Bonchev–Trinajstić information content (AvgIpc) is 3.22. The topological polar surface area (TPSA) is 139 Å². The van der Waals surface area contributed by atoms with Crippen LogP contribution in [0.25, 0.3) is 10.9 Å². The molecule has 1 atom stereocenters. The first-order valence-corrected chi connectivity index (χ1v) is 10.8. The highest BCUT2D eigenvalue weighted by Gasteiger charge is 2.32. The molecule has 0 bridgehead atoms. The molecule has 4 N–H and O–H groups in total. The summed E-state index contributed by atoms with van der Waals surface area (Å²) in [7, 11) is 0. The van der Waals surface area contributed by atoms with Crippen LogP contribution in [0.2, 0.25) is 0 Å². The number of hydrogen-bond acceptors (Lipinski definition) is 6. The number of nitrogens with one attached hydrogen (secondary N) is 2. The van der Waals surface area contributed by atoms with Crippen LogP contribution in [0.5, 0.6) is 0 Å². The van der Waals surface area contributed by atoms with Crippen molar-refractivity contribution in [3.8, 4) is 0 Å². The van der Waals surface area contributed by atoms with E-state index < -0.39 is 23.9 Å². The van der Waals surface area contributed by atoms with E-state index in [4.69, 9.17) is 5.11 Å². The van der Waals surface area contributed by atoms with Crippen LogP contribution in [0, 0.1) is 0 Å². The van der Waals surface area contributed by atoms with Gasteiger partial charge in [-0.05, 0) is 29.8 Å². The SMILES string of the molecule is O=C(O)/C=C/C(=O)Nc1ccc2[nH]cc([C@H](C(=O)O)N3CCN(Cc4cccnc4)CC3)c2c1. The number of benzene rings is 1. The molecule has 1 amide bonds. The van der Waals surface area contributed by atoms with Crippen molar-refractivity contribution >= 4 is 34.4 Å². The van der Waals surface area contributed by atoms with Crippen molar-refractivity contribution in [1.29, 1.82) is 0 Å². The third-order valence-electron chi connectivity index (χ3n) is 5.79. The van der Waals surface area contributed by atoms with Crippen molar-refractivity contribution in [2.45, 2.75) is 12.6 Å². The van der Waals surface area contributed by atoms with Crippen LogP contribution < -0.4 is 5.32 Å². The second-order valence-electron chi connectivity index (χ2n) is 8.08. The van der Waals surface area contributed by atoms with Crippen molar-refractivity contribution in [3.63, 3.8) is 0 Å². The van der Waals surface area contributed by atoms with Crippen molar-refractivity contribution in [2.24, 2.45) is 0 Å². The summed E-state index contributed by atoms with van der Waals surface area (Å²) in [6.45, 7) is 3.43. The molecule has 3 aromatic rings. The first kappa shape index (κ1) is 23.1. The number of anilines is 1. The fourth-order valence-corrected chi connectivity index (χ4v) is 4.19. The van der Waals surface area contributed by atoms with Crippen molar-refractivity contribution in [3.05, 3.63) is 72.2 Å². The molecule has 4 rings (SSSR count). The van der Waals surface area contributed by atoms with Gasteiger partial charge in [0.2, 0.25) is 5.91 Å². The minimum atomic E-state index is -1.22. The van der Waals surface area contributed by atoms with E-state index in [0.29, 0.717) is 29.7 Å². The highest BCUT2D eigenvalue weighted by molar-refractivity contribution is 6.03. The van der Waals surface area contributed by atoms with E-state index in [2.05, 4.69) is 20.2 Å². The number of hydrogen-bond donors (Lipinski definition) is 4. The van der Waals surface area contributed by atoms with Gasteiger partial charge in [-0.1, -0.05) is 6.07 Å². The first-order chi connectivity index (χ1) is 16.4. The molecule has 0 spiro atoms. The van der Waals surface area contributed by atoms with E-state index in [1.165, 1.54) is 0 Å². The number of amides is 1. The molecule has 1 saturated heterocycles. The largest absolute Gasteiger partial charge is 0.480 e. The van der Waals surface area contributed by atoms with Crippen molar-refractivity contribution in [2.75, 3.05) is 31.5 Å². The molecule has 0 radical (unpaired) electrons. The number of H-pyrrole nitrogens is 1. The summed E-state index contributed by atoms with van der Waals surface area (Å²) in [6, 6.07) is 8.21. The summed E-state index contributed by atoms with van der Waals surface area (Å²) in [5.41, 5.74) is 2.92. The Labute approximate surface area is 195 Å². The highest BCUT2D eigenvalue weighted by Crippen LogP contribution is 2.31. The summed E-state index contributed by atoms with van der Waals surface area (Å²) >= 11 is 0. The Morgan fingerprint density at radius 1 is 1.12 bits per heavy atom. The Morgan fingerprint density at radius 3 is 2.59 bits per heavy atom. The lowest BCUT2D eigenvalue weighted by atomic mass is 10.0. The van der Waals surface area contributed by atoms with Gasteiger partial charge in [-0.25, -0.2) is 4.79 Å². The Kier molecular flexibility index (Phi) is 7.00. The number of nitrogens with zero attached hydrogens (tertiary/aromatic N) is 3. The summed E-state index contributed by atoms with van der Waals surface area (Å²) in [5, 5.41) is 22.0. The fraction of sp³-hybridized carbons (Fsp3) is 0.250. The van der Waals surface area contributed by atoms with Crippen LogP contribution >= 0.6 is 0 Å². The number of aromatic nitrogens is 2. The lowest BCUT2D eigenvalue weighted by molar-refractivity contribution is -0.144. The van der Waals surface area contributed by atoms with E-state index in [0.717, 1.165) is 42.9 Å². The second-order valence-corrected chi connectivity index (χ2v) is 8.08. The number of piperazine rings is 1. The van der Waals surface area contributed by atoms with Crippen LogP contribution in [-0.2, 0) is 20.9 Å². The number of aliphatic carboxylic acids is 2. The molecule has 1 fully saturated rings. The summed E-state index contributed by atoms with van der Waals surface area (Å²) in [6.07, 6.45) is 6.96. The predicted molar refractivity (Wildman–Crippen MR) is 125 cm³/mol. The van der Waals surface area contributed by atoms with Gasteiger partial charge in [-0.15, -0.1) is 0 Å². The molecule has 0 unspecified atom stereocenters. The van der Waals surface area contributed by atoms with Crippen LogP contribution in [0.3, 0.4) is 0 Å². The van der Waals surface area contributed by atoms with E-state index in [1.54, 1.807) is 30.6 Å². The van der Waals surface area contributed by atoms with Gasteiger partial charge in [0, 0.05) is 85.6 Å². The van der Waals surface area contributed by atoms with Gasteiger partial charge in [-0.3, -0.25) is 24.4 Å². The molecule has 10 heteroatoms. The number of aromatic amines is 1. The lowest BCUT2D eigenvalue weighted by Gasteiger charge is -2.37. The Bertz CT molecular complexity index is 1210.